The van der Waals surface area contributed by atoms with Crippen molar-refractivity contribution in [2.24, 2.45) is 5.92 Å². The highest BCUT2D eigenvalue weighted by molar-refractivity contribution is 5.90. The van der Waals surface area contributed by atoms with Gasteiger partial charge in [-0.25, -0.2) is 4.79 Å². The van der Waals surface area contributed by atoms with Crippen LogP contribution in [0.1, 0.15) is 52.3 Å². The molecule has 1 aliphatic rings. The van der Waals surface area contributed by atoms with Gasteiger partial charge in [-0.2, -0.15) is 5.10 Å². The van der Waals surface area contributed by atoms with Gasteiger partial charge in [0.25, 0.3) is 0 Å². The molecule has 7 heteroatoms. The number of nitrogens with zero attached hydrogens (tertiary/aromatic N) is 2. The SMILES string of the molecule is CC(C)CC(=O)Nc1n[nH]c2c1CN(C(=O)OC(C)(C)C)CC2. The van der Waals surface area contributed by atoms with Crippen molar-refractivity contribution in [2.75, 3.05) is 11.9 Å². The zero-order valence-corrected chi connectivity index (χ0v) is 14.5. The Balaban J connectivity index is 2.06. The van der Waals surface area contributed by atoms with Crippen molar-refractivity contribution in [1.82, 2.24) is 15.1 Å². The van der Waals surface area contributed by atoms with Gasteiger partial charge in [0.15, 0.2) is 5.82 Å². The second-order valence-electron chi connectivity index (χ2n) is 7.33. The van der Waals surface area contributed by atoms with E-state index < -0.39 is 5.60 Å². The largest absolute Gasteiger partial charge is 0.444 e. The summed E-state index contributed by atoms with van der Waals surface area (Å²) < 4.78 is 5.41. The maximum atomic E-state index is 12.2. The first-order valence-corrected chi connectivity index (χ1v) is 7.99. The fourth-order valence-electron chi connectivity index (χ4n) is 2.43. The molecule has 0 bridgehead atoms. The summed E-state index contributed by atoms with van der Waals surface area (Å²) in [7, 11) is 0. The number of carbonyl (C=O) groups excluding carboxylic acids is 2. The third kappa shape index (κ3) is 4.71. The van der Waals surface area contributed by atoms with Crippen LogP contribution < -0.4 is 5.32 Å². The maximum absolute atomic E-state index is 12.2. The van der Waals surface area contributed by atoms with Gasteiger partial charge in [-0.3, -0.25) is 9.89 Å². The molecule has 0 unspecified atom stereocenters. The van der Waals surface area contributed by atoms with Gasteiger partial charge in [0.05, 0.1) is 6.54 Å². The quantitative estimate of drug-likeness (QED) is 0.895. The van der Waals surface area contributed by atoms with E-state index in [0.29, 0.717) is 31.7 Å². The number of aromatic amines is 1. The van der Waals surface area contributed by atoms with E-state index in [4.69, 9.17) is 4.74 Å². The van der Waals surface area contributed by atoms with E-state index in [-0.39, 0.29) is 17.9 Å². The fourth-order valence-corrected chi connectivity index (χ4v) is 2.43. The van der Waals surface area contributed by atoms with Crippen LogP contribution in [0.5, 0.6) is 0 Å². The predicted octanol–water partition coefficient (Wildman–Crippen LogP) is 2.69. The lowest BCUT2D eigenvalue weighted by Gasteiger charge is -2.30. The van der Waals surface area contributed by atoms with Gasteiger partial charge in [0.1, 0.15) is 5.60 Å². The van der Waals surface area contributed by atoms with Crippen LogP contribution in [0.15, 0.2) is 0 Å². The van der Waals surface area contributed by atoms with E-state index in [0.717, 1.165) is 11.3 Å². The van der Waals surface area contributed by atoms with Gasteiger partial charge in [0, 0.05) is 30.6 Å². The van der Waals surface area contributed by atoms with Gasteiger partial charge in [0.2, 0.25) is 5.91 Å². The molecule has 0 saturated heterocycles. The van der Waals surface area contributed by atoms with Crippen molar-refractivity contribution >= 4 is 17.8 Å². The minimum Gasteiger partial charge on any atom is -0.444 e. The molecule has 7 nitrogen and oxygen atoms in total. The summed E-state index contributed by atoms with van der Waals surface area (Å²) in [5.41, 5.74) is 1.30. The average Bonchev–Trinajstić information content (AvgIpc) is 2.78. The number of anilines is 1. The Morgan fingerprint density at radius 2 is 2.09 bits per heavy atom. The normalized spacial score (nSPS) is 14.6. The summed E-state index contributed by atoms with van der Waals surface area (Å²) in [5.74, 6) is 0.727. The van der Waals surface area contributed by atoms with Gasteiger partial charge in [-0.15, -0.1) is 0 Å². The molecule has 1 aliphatic heterocycles. The van der Waals surface area contributed by atoms with Crippen molar-refractivity contribution in [3.05, 3.63) is 11.3 Å². The van der Waals surface area contributed by atoms with Gasteiger partial charge < -0.3 is 15.0 Å². The number of carbonyl (C=O) groups is 2. The van der Waals surface area contributed by atoms with E-state index in [9.17, 15) is 9.59 Å². The topological polar surface area (TPSA) is 87.3 Å². The second-order valence-corrected chi connectivity index (χ2v) is 7.33. The number of rotatable bonds is 3. The predicted molar refractivity (Wildman–Crippen MR) is 87.0 cm³/mol. The van der Waals surface area contributed by atoms with Crippen molar-refractivity contribution in [2.45, 2.75) is 59.6 Å². The summed E-state index contributed by atoms with van der Waals surface area (Å²) in [6, 6.07) is 0. The first-order chi connectivity index (χ1) is 10.7. The van der Waals surface area contributed by atoms with Gasteiger partial charge in [-0.1, -0.05) is 13.8 Å². The van der Waals surface area contributed by atoms with E-state index in [1.807, 2.05) is 34.6 Å². The number of hydrogen-bond donors (Lipinski definition) is 2. The highest BCUT2D eigenvalue weighted by Gasteiger charge is 2.29. The minimum absolute atomic E-state index is 0.0660. The zero-order chi connectivity index (χ0) is 17.2. The van der Waals surface area contributed by atoms with E-state index in [1.54, 1.807) is 4.90 Å². The molecule has 0 spiro atoms. The molecular formula is C16H26N4O3. The Bertz CT molecular complexity index is 587. The monoisotopic (exact) mass is 322 g/mol. The highest BCUT2D eigenvalue weighted by atomic mass is 16.6. The molecule has 1 aromatic rings. The van der Waals surface area contributed by atoms with Gasteiger partial charge in [-0.05, 0) is 26.7 Å². The molecule has 0 aliphatic carbocycles. The van der Waals surface area contributed by atoms with Crippen LogP contribution in [0.2, 0.25) is 0 Å². The van der Waals surface area contributed by atoms with Crippen molar-refractivity contribution in [3.63, 3.8) is 0 Å². The third-order valence-electron chi connectivity index (χ3n) is 3.44. The number of H-pyrrole nitrogens is 1. The number of ether oxygens (including phenoxy) is 1. The van der Waals surface area contributed by atoms with E-state index >= 15 is 0 Å². The average molecular weight is 322 g/mol. The molecule has 0 fully saturated rings. The van der Waals surface area contributed by atoms with E-state index in [1.165, 1.54) is 0 Å². The Morgan fingerprint density at radius 3 is 2.70 bits per heavy atom. The number of aromatic nitrogens is 2. The molecule has 0 aromatic carbocycles. The lowest BCUT2D eigenvalue weighted by atomic mass is 10.1. The summed E-state index contributed by atoms with van der Waals surface area (Å²) >= 11 is 0. The number of amides is 2. The van der Waals surface area contributed by atoms with E-state index in [2.05, 4.69) is 15.5 Å². The highest BCUT2D eigenvalue weighted by Crippen LogP contribution is 2.25. The molecule has 1 aromatic heterocycles. The lowest BCUT2D eigenvalue weighted by molar-refractivity contribution is -0.116. The molecule has 2 rings (SSSR count). The van der Waals surface area contributed by atoms with Crippen molar-refractivity contribution < 1.29 is 14.3 Å². The van der Waals surface area contributed by atoms with Crippen LogP contribution in [0, 0.1) is 5.92 Å². The summed E-state index contributed by atoms with van der Waals surface area (Å²) in [6.07, 6.45) is 0.766. The van der Waals surface area contributed by atoms with Crippen LogP contribution >= 0.6 is 0 Å². The van der Waals surface area contributed by atoms with Crippen LogP contribution in [0.25, 0.3) is 0 Å². The van der Waals surface area contributed by atoms with Crippen molar-refractivity contribution in [1.29, 1.82) is 0 Å². The Morgan fingerprint density at radius 1 is 1.39 bits per heavy atom. The molecular weight excluding hydrogens is 296 g/mol. The lowest BCUT2D eigenvalue weighted by Crippen LogP contribution is -2.40. The molecule has 0 saturated carbocycles. The van der Waals surface area contributed by atoms with Crippen LogP contribution in [0.4, 0.5) is 10.6 Å². The van der Waals surface area contributed by atoms with Gasteiger partial charge >= 0.3 is 6.09 Å². The fraction of sp³-hybridized carbons (Fsp3) is 0.688. The number of fused-ring (bicyclic) bond motifs is 1. The molecule has 0 atom stereocenters. The molecule has 2 N–H and O–H groups in total. The molecule has 23 heavy (non-hydrogen) atoms. The van der Waals surface area contributed by atoms with Crippen molar-refractivity contribution in [3.8, 4) is 0 Å². The number of hydrogen-bond acceptors (Lipinski definition) is 4. The second kappa shape index (κ2) is 6.60. The Kier molecular flexibility index (Phi) is 4.97. The summed E-state index contributed by atoms with van der Waals surface area (Å²) in [6.45, 7) is 10.5. The summed E-state index contributed by atoms with van der Waals surface area (Å²) in [4.78, 5) is 25.8. The first-order valence-electron chi connectivity index (χ1n) is 7.99. The van der Waals surface area contributed by atoms with Crippen LogP contribution in [-0.2, 0) is 22.5 Å². The smallest absolute Gasteiger partial charge is 0.410 e. The molecule has 0 radical (unpaired) electrons. The molecule has 128 valence electrons. The Hall–Kier alpha value is -2.05. The van der Waals surface area contributed by atoms with Crippen LogP contribution in [-0.4, -0.2) is 39.2 Å². The first kappa shape index (κ1) is 17.3. The maximum Gasteiger partial charge on any atom is 0.410 e. The third-order valence-corrected chi connectivity index (χ3v) is 3.44. The molecule has 2 amide bonds. The minimum atomic E-state index is -0.526. The van der Waals surface area contributed by atoms with Crippen LogP contribution in [0.3, 0.4) is 0 Å². The molecule has 2 heterocycles. The Labute approximate surface area is 136 Å². The number of nitrogens with one attached hydrogen (secondary N) is 2. The standard InChI is InChI=1S/C16H26N4O3/c1-10(2)8-13(21)17-14-11-9-20(7-6-12(11)18-19-14)15(22)23-16(3,4)5/h10H,6-9H2,1-5H3,(H2,17,18,19,21). The summed E-state index contributed by atoms with van der Waals surface area (Å²) in [5, 5.41) is 9.96. The zero-order valence-electron chi connectivity index (χ0n) is 14.5.